The van der Waals surface area contributed by atoms with Gasteiger partial charge in [0.05, 0.1) is 27.2 Å². The van der Waals surface area contributed by atoms with Crippen LogP contribution in [0.5, 0.6) is 0 Å². The molecule has 0 unspecified atom stereocenters. The minimum atomic E-state index is -0.538. The standard InChI is InChI=1S/C30H35BrN12O5.ClH/c1-12-8-36-24(26(45)34-6-7-35-30(32)33)20(12)43-29(48)23-15(4)19(11-39-23)42-28(47)22-14(3)18(10-38-22)41-27(46)21-13(2)17(9-37-21)40-25(44)16(5)31;/h8-11,36-39H,5-7H2,1-4H3,(H,34,45)(H,40,44)(H,41,46)(H,42,47)(H,43,48)(H4,32,33,35);1H. The number of aryl methyl sites for hydroxylation is 1. The minimum Gasteiger partial charge on any atom is -0.370 e. The molecule has 0 aliphatic heterocycles. The first-order valence-electron chi connectivity index (χ1n) is 14.4. The smallest absolute Gasteiger partial charge is 0.272 e. The number of carbonyl (C=O) groups excluding carboxylic acids is 5. The van der Waals surface area contributed by atoms with E-state index in [0.717, 1.165) is 0 Å². The highest BCUT2D eigenvalue weighted by Gasteiger charge is 2.23. The number of halogens is 2. The van der Waals surface area contributed by atoms with E-state index in [9.17, 15) is 24.0 Å². The number of hydrogen-bond acceptors (Lipinski definition) is 6. The molecule has 0 saturated carbocycles. The molecule has 0 radical (unpaired) electrons. The molecular weight excluding hydrogens is 724 g/mol. The first-order chi connectivity index (χ1) is 22.7. The molecule has 49 heavy (non-hydrogen) atoms. The molecule has 0 fully saturated rings. The SMILES string of the molecule is C=C(Br)C(=O)Nc1c[nH]c(C(=O)Nc2c[nH]c(C(=O)Nc3c[nH]c(C(=O)Nc4c(C)c[nH]c4C(=O)NCCNC(=N)N)c3C)c2C)c1C.Cl. The van der Waals surface area contributed by atoms with Gasteiger partial charge in [0, 0.05) is 54.6 Å². The Kier molecular flexibility index (Phi) is 12.2. The molecule has 5 amide bonds. The highest BCUT2D eigenvalue weighted by atomic mass is 79.9. The average molecular weight is 760 g/mol. The quantitative estimate of drug-likeness (QED) is 0.0442. The van der Waals surface area contributed by atoms with Gasteiger partial charge in [-0.1, -0.05) is 6.58 Å². The van der Waals surface area contributed by atoms with E-state index in [4.69, 9.17) is 11.1 Å². The van der Waals surface area contributed by atoms with E-state index in [-0.39, 0.29) is 64.4 Å². The van der Waals surface area contributed by atoms with Crippen molar-refractivity contribution in [2.75, 3.05) is 34.4 Å². The molecule has 4 aromatic rings. The zero-order valence-corrected chi connectivity index (χ0v) is 29.2. The summed E-state index contributed by atoms with van der Waals surface area (Å²) >= 11 is 3.01. The summed E-state index contributed by atoms with van der Waals surface area (Å²) in [4.78, 5) is 75.5. The number of guanidine groups is 1. The summed E-state index contributed by atoms with van der Waals surface area (Å²) in [6, 6.07) is 0. The fourth-order valence-corrected chi connectivity index (χ4v) is 4.74. The van der Waals surface area contributed by atoms with Gasteiger partial charge in [0.2, 0.25) is 0 Å². The van der Waals surface area contributed by atoms with Crippen LogP contribution in [0.15, 0.2) is 35.8 Å². The molecule has 260 valence electrons. The van der Waals surface area contributed by atoms with Crippen LogP contribution in [-0.4, -0.2) is 68.5 Å². The van der Waals surface area contributed by atoms with E-state index in [0.29, 0.717) is 39.3 Å². The Bertz CT molecular complexity index is 1950. The molecule has 13 N–H and O–H groups in total. The number of amides is 5. The number of carbonyl (C=O) groups is 5. The van der Waals surface area contributed by atoms with Crippen molar-refractivity contribution < 1.29 is 24.0 Å². The van der Waals surface area contributed by atoms with Crippen LogP contribution < -0.4 is 37.6 Å². The Hall–Kier alpha value is -5.75. The lowest BCUT2D eigenvalue weighted by Gasteiger charge is -2.10. The second kappa shape index (κ2) is 15.9. The molecule has 4 rings (SSSR count). The maximum Gasteiger partial charge on any atom is 0.272 e. The van der Waals surface area contributed by atoms with Gasteiger partial charge >= 0.3 is 0 Å². The maximum absolute atomic E-state index is 13.2. The zero-order valence-electron chi connectivity index (χ0n) is 26.8. The van der Waals surface area contributed by atoms with Gasteiger partial charge in [-0.2, -0.15) is 0 Å². The van der Waals surface area contributed by atoms with E-state index in [2.05, 4.69) is 74.3 Å². The molecule has 0 aromatic carbocycles. The number of aromatic amines is 4. The molecule has 0 aliphatic carbocycles. The van der Waals surface area contributed by atoms with Crippen LogP contribution in [0.3, 0.4) is 0 Å². The Morgan fingerprint density at radius 1 is 0.673 bits per heavy atom. The fraction of sp³-hybridized carbons (Fsp3) is 0.200. The van der Waals surface area contributed by atoms with Gasteiger partial charge in [0.25, 0.3) is 29.5 Å². The Morgan fingerprint density at radius 2 is 1.08 bits per heavy atom. The van der Waals surface area contributed by atoms with Gasteiger partial charge in [-0.05, 0) is 49.2 Å². The van der Waals surface area contributed by atoms with Gasteiger partial charge in [-0.15, -0.1) is 12.4 Å². The third-order valence-corrected chi connectivity index (χ3v) is 7.72. The average Bonchev–Trinajstić information content (AvgIpc) is 3.78. The number of nitrogens with two attached hydrogens (primary N) is 1. The van der Waals surface area contributed by atoms with Crippen LogP contribution in [0.25, 0.3) is 0 Å². The topological polar surface area (TPSA) is 271 Å². The molecule has 19 heteroatoms. The van der Waals surface area contributed by atoms with Crippen LogP contribution >= 0.6 is 28.3 Å². The van der Waals surface area contributed by atoms with Crippen molar-refractivity contribution in [2.45, 2.75) is 27.7 Å². The summed E-state index contributed by atoms with van der Waals surface area (Å²) in [5, 5.41) is 23.3. The molecule has 0 spiro atoms. The largest absolute Gasteiger partial charge is 0.370 e. The molecule has 4 heterocycles. The predicted molar refractivity (Wildman–Crippen MR) is 192 cm³/mol. The number of anilines is 4. The third kappa shape index (κ3) is 8.59. The first kappa shape index (κ1) is 37.7. The van der Waals surface area contributed by atoms with Crippen molar-refractivity contribution in [1.82, 2.24) is 30.6 Å². The van der Waals surface area contributed by atoms with E-state index in [1.165, 1.54) is 18.6 Å². The van der Waals surface area contributed by atoms with Crippen LogP contribution in [0, 0.1) is 33.1 Å². The summed E-state index contributed by atoms with van der Waals surface area (Å²) in [5.74, 6) is -2.67. The number of H-pyrrole nitrogens is 4. The van der Waals surface area contributed by atoms with Crippen molar-refractivity contribution in [3.63, 3.8) is 0 Å². The lowest BCUT2D eigenvalue weighted by molar-refractivity contribution is -0.112. The second-order valence-electron chi connectivity index (χ2n) is 10.6. The molecule has 0 saturated heterocycles. The summed E-state index contributed by atoms with van der Waals surface area (Å²) in [6.45, 7) is 10.7. The molecule has 0 atom stereocenters. The fourth-order valence-electron chi connectivity index (χ4n) is 4.64. The van der Waals surface area contributed by atoms with Crippen molar-refractivity contribution in [2.24, 2.45) is 5.73 Å². The van der Waals surface area contributed by atoms with Crippen LogP contribution in [0.4, 0.5) is 22.7 Å². The van der Waals surface area contributed by atoms with Crippen molar-refractivity contribution in [1.29, 1.82) is 5.41 Å². The van der Waals surface area contributed by atoms with Crippen LogP contribution in [-0.2, 0) is 4.79 Å². The molecule has 17 nitrogen and oxygen atoms in total. The summed E-state index contributed by atoms with van der Waals surface area (Å²) < 4.78 is 0.136. The lowest BCUT2D eigenvalue weighted by Crippen LogP contribution is -2.38. The van der Waals surface area contributed by atoms with Crippen LogP contribution in [0.1, 0.15) is 64.2 Å². The highest BCUT2D eigenvalue weighted by Crippen LogP contribution is 2.26. The van der Waals surface area contributed by atoms with E-state index >= 15 is 0 Å². The first-order valence-corrected chi connectivity index (χ1v) is 15.2. The monoisotopic (exact) mass is 758 g/mol. The lowest BCUT2D eigenvalue weighted by atomic mass is 10.2. The Morgan fingerprint density at radius 3 is 1.53 bits per heavy atom. The van der Waals surface area contributed by atoms with Gasteiger partial charge in [-0.25, -0.2) is 0 Å². The molecule has 4 aromatic heterocycles. The zero-order chi connectivity index (χ0) is 35.3. The summed E-state index contributed by atoms with van der Waals surface area (Å²) in [5.41, 5.74) is 9.39. The second-order valence-corrected chi connectivity index (χ2v) is 11.6. The van der Waals surface area contributed by atoms with Crippen molar-refractivity contribution in [3.8, 4) is 0 Å². The summed E-state index contributed by atoms with van der Waals surface area (Å²) in [7, 11) is 0. The van der Waals surface area contributed by atoms with E-state index in [1.807, 2.05) is 0 Å². The maximum atomic E-state index is 13.2. The Balaban J connectivity index is 0.00000650. The van der Waals surface area contributed by atoms with E-state index < -0.39 is 29.5 Å². The predicted octanol–water partition coefficient (Wildman–Crippen LogP) is 3.47. The normalized spacial score (nSPS) is 10.4. The highest BCUT2D eigenvalue weighted by molar-refractivity contribution is 9.12. The molecular formula is C30H36BrClN12O5. The van der Waals surface area contributed by atoms with E-state index in [1.54, 1.807) is 33.9 Å². The van der Waals surface area contributed by atoms with Gasteiger partial charge in [0.1, 0.15) is 22.8 Å². The van der Waals surface area contributed by atoms with Crippen molar-refractivity contribution >= 4 is 86.6 Å². The minimum absolute atomic E-state index is 0. The van der Waals surface area contributed by atoms with Crippen LogP contribution in [0.2, 0.25) is 0 Å². The number of rotatable bonds is 12. The number of nitrogens with one attached hydrogen (secondary N) is 11. The summed E-state index contributed by atoms with van der Waals surface area (Å²) in [6.07, 6.45) is 6.02. The number of aromatic nitrogens is 4. The third-order valence-electron chi connectivity index (χ3n) is 7.36. The van der Waals surface area contributed by atoms with Crippen molar-refractivity contribution in [3.05, 3.63) is 80.9 Å². The Labute approximate surface area is 294 Å². The van der Waals surface area contributed by atoms with Gasteiger partial charge < -0.3 is 57.6 Å². The van der Waals surface area contributed by atoms with Gasteiger partial charge in [-0.3, -0.25) is 29.4 Å². The number of hydrogen-bond donors (Lipinski definition) is 12. The van der Waals surface area contributed by atoms with Gasteiger partial charge in [0.15, 0.2) is 5.96 Å². The molecule has 0 bridgehead atoms. The molecule has 0 aliphatic rings.